The highest BCUT2D eigenvalue weighted by molar-refractivity contribution is 7.47. The second kappa shape index (κ2) is 56.6. The minimum atomic E-state index is -4.75. The molecule has 0 heterocycles. The van der Waals surface area contributed by atoms with Crippen molar-refractivity contribution in [3.8, 4) is 0 Å². The predicted octanol–water partition coefficient (Wildman–Crippen LogP) is 18.1. The van der Waals surface area contributed by atoms with Gasteiger partial charge in [0.15, 0.2) is 6.10 Å². The monoisotopic (exact) mass is 1060 g/mol. The first-order valence-corrected chi connectivity index (χ1v) is 32.0. The number of aliphatic hydroxyl groups is 1. The van der Waals surface area contributed by atoms with Crippen molar-refractivity contribution in [2.75, 3.05) is 26.4 Å². The highest BCUT2D eigenvalue weighted by atomic mass is 31.2. The summed E-state index contributed by atoms with van der Waals surface area (Å²) < 4.78 is 39.6. The fourth-order valence-corrected chi connectivity index (χ4v) is 9.28. The summed E-state index contributed by atoms with van der Waals surface area (Å²) in [6, 6.07) is 0. The molecule has 0 radical (unpaired) electrons. The molecule has 2 N–H and O–H groups in total. The number of phosphoric ester groups is 1. The Morgan fingerprint density at radius 3 is 1.05 bits per heavy atom. The molecule has 0 spiro atoms. The summed E-state index contributed by atoms with van der Waals surface area (Å²) in [6.45, 7) is 4.62. The van der Waals surface area contributed by atoms with Crippen molar-refractivity contribution in [1.82, 2.24) is 0 Å². The van der Waals surface area contributed by atoms with Crippen LogP contribution in [0.4, 0.5) is 0 Å². The molecule has 74 heavy (non-hydrogen) atoms. The van der Waals surface area contributed by atoms with E-state index in [9.17, 15) is 28.9 Å². The molecule has 0 aromatic rings. The first-order chi connectivity index (χ1) is 36.2. The number of allylic oxidation sites excluding steroid dienone is 8. The van der Waals surface area contributed by atoms with Crippen LogP contribution in [0.25, 0.3) is 0 Å². The second-order valence-electron chi connectivity index (χ2n) is 20.5. The SMILES string of the molecule is CCCCC/C=C\C/C=C\CCCCCCCCCC(=O)OC(COC(=O)CCCCCCC/C=C\CCCCCC)COP(=O)(O)OCC(CO)OC(=O)CCCCCCCCC/C=C\CCCCCCCC. The number of carbonyl (C=O) groups excluding carboxylic acids is 3. The first-order valence-electron chi connectivity index (χ1n) is 30.5. The normalized spacial score (nSPS) is 13.6. The summed E-state index contributed by atoms with van der Waals surface area (Å²) >= 11 is 0. The number of esters is 3. The van der Waals surface area contributed by atoms with Gasteiger partial charge in [-0.15, -0.1) is 0 Å². The second-order valence-corrected chi connectivity index (χ2v) is 22.0. The maximum atomic E-state index is 12.9. The van der Waals surface area contributed by atoms with Gasteiger partial charge in [-0.2, -0.15) is 0 Å². The lowest BCUT2D eigenvalue weighted by Crippen LogP contribution is -2.30. The summed E-state index contributed by atoms with van der Waals surface area (Å²) in [4.78, 5) is 48.6. The number of rotatable bonds is 57. The third kappa shape index (κ3) is 54.2. The van der Waals surface area contributed by atoms with E-state index in [0.29, 0.717) is 19.3 Å². The molecule has 0 aliphatic carbocycles. The van der Waals surface area contributed by atoms with Gasteiger partial charge in [-0.3, -0.25) is 23.4 Å². The van der Waals surface area contributed by atoms with E-state index < -0.39 is 57.8 Å². The van der Waals surface area contributed by atoms with Crippen LogP contribution in [-0.4, -0.2) is 66.5 Å². The molecule has 0 saturated carbocycles. The molecule has 0 aliphatic rings. The molecular weight excluding hydrogens is 952 g/mol. The lowest BCUT2D eigenvalue weighted by molar-refractivity contribution is -0.161. The van der Waals surface area contributed by atoms with Gasteiger partial charge in [-0.1, -0.05) is 217 Å². The van der Waals surface area contributed by atoms with E-state index in [-0.39, 0.29) is 25.9 Å². The summed E-state index contributed by atoms with van der Waals surface area (Å²) in [6.07, 6.45) is 60.6. The molecule has 12 heteroatoms. The molecule has 11 nitrogen and oxygen atoms in total. The van der Waals surface area contributed by atoms with Gasteiger partial charge < -0.3 is 24.2 Å². The van der Waals surface area contributed by atoms with Gasteiger partial charge >= 0.3 is 25.7 Å². The molecule has 432 valence electrons. The highest BCUT2D eigenvalue weighted by Gasteiger charge is 2.28. The maximum Gasteiger partial charge on any atom is 0.472 e. The Morgan fingerprint density at radius 2 is 0.662 bits per heavy atom. The van der Waals surface area contributed by atoms with E-state index >= 15 is 0 Å². The molecule has 3 atom stereocenters. The van der Waals surface area contributed by atoms with Crippen LogP contribution in [0.1, 0.15) is 290 Å². The van der Waals surface area contributed by atoms with Crippen molar-refractivity contribution in [3.63, 3.8) is 0 Å². The van der Waals surface area contributed by atoms with Crippen LogP contribution in [0.3, 0.4) is 0 Å². The number of hydrogen-bond donors (Lipinski definition) is 2. The fraction of sp³-hybridized carbons (Fsp3) is 0.823. The lowest BCUT2D eigenvalue weighted by atomic mass is 10.1. The Bertz CT molecular complexity index is 1430. The van der Waals surface area contributed by atoms with Crippen molar-refractivity contribution in [1.29, 1.82) is 0 Å². The van der Waals surface area contributed by atoms with E-state index in [1.807, 2.05) is 0 Å². The molecule has 0 aliphatic heterocycles. The summed E-state index contributed by atoms with van der Waals surface area (Å²) in [5, 5.41) is 9.83. The van der Waals surface area contributed by atoms with Crippen LogP contribution >= 0.6 is 7.82 Å². The van der Waals surface area contributed by atoms with Crippen LogP contribution in [0, 0.1) is 0 Å². The van der Waals surface area contributed by atoms with Crippen LogP contribution in [0.15, 0.2) is 48.6 Å². The van der Waals surface area contributed by atoms with Gasteiger partial charge in [0.2, 0.25) is 0 Å². The minimum Gasteiger partial charge on any atom is -0.462 e. The number of unbranched alkanes of at least 4 members (excludes halogenated alkanes) is 32. The van der Waals surface area contributed by atoms with E-state index in [1.165, 1.54) is 128 Å². The van der Waals surface area contributed by atoms with Crippen LogP contribution < -0.4 is 0 Å². The number of carbonyl (C=O) groups is 3. The Kier molecular flexibility index (Phi) is 54.7. The number of hydrogen-bond acceptors (Lipinski definition) is 10. The maximum absolute atomic E-state index is 12.9. The van der Waals surface area contributed by atoms with Crippen molar-refractivity contribution >= 4 is 25.7 Å². The Labute approximate surface area is 453 Å². The largest absolute Gasteiger partial charge is 0.472 e. The molecule has 0 aromatic heterocycles. The van der Waals surface area contributed by atoms with E-state index in [1.54, 1.807) is 0 Å². The third-order valence-corrected chi connectivity index (χ3v) is 14.1. The first kappa shape index (κ1) is 71.4. The average molecular weight is 1070 g/mol. The zero-order valence-corrected chi connectivity index (χ0v) is 48.7. The topological polar surface area (TPSA) is 155 Å². The number of ether oxygens (including phenoxy) is 3. The quantitative estimate of drug-likeness (QED) is 0.0197. The number of phosphoric acid groups is 1. The van der Waals surface area contributed by atoms with Crippen LogP contribution in [0.2, 0.25) is 0 Å². The van der Waals surface area contributed by atoms with E-state index in [4.69, 9.17) is 23.3 Å². The van der Waals surface area contributed by atoms with Gasteiger partial charge in [0.05, 0.1) is 19.8 Å². The molecule has 0 aromatic carbocycles. The van der Waals surface area contributed by atoms with E-state index in [2.05, 4.69) is 69.4 Å². The van der Waals surface area contributed by atoms with Crippen LogP contribution in [-0.2, 0) is 42.2 Å². The fourth-order valence-electron chi connectivity index (χ4n) is 8.49. The Balaban J connectivity index is 4.68. The van der Waals surface area contributed by atoms with Crippen molar-refractivity contribution in [2.45, 2.75) is 303 Å². The average Bonchev–Trinajstić information content (AvgIpc) is 3.39. The van der Waals surface area contributed by atoms with E-state index in [0.717, 1.165) is 103 Å². The van der Waals surface area contributed by atoms with Gasteiger partial charge in [0.1, 0.15) is 12.7 Å². The Hall–Kier alpha value is -2.56. The lowest BCUT2D eigenvalue weighted by Gasteiger charge is -2.21. The number of aliphatic hydroxyl groups excluding tert-OH is 1. The molecule has 0 bridgehead atoms. The van der Waals surface area contributed by atoms with Gasteiger partial charge in [0, 0.05) is 19.3 Å². The summed E-state index contributed by atoms with van der Waals surface area (Å²) in [7, 11) is -4.75. The zero-order chi connectivity index (χ0) is 54.1. The third-order valence-electron chi connectivity index (χ3n) is 13.2. The van der Waals surface area contributed by atoms with Crippen molar-refractivity contribution in [3.05, 3.63) is 48.6 Å². The van der Waals surface area contributed by atoms with Crippen molar-refractivity contribution in [2.24, 2.45) is 0 Å². The Morgan fingerprint density at radius 1 is 0.378 bits per heavy atom. The zero-order valence-electron chi connectivity index (χ0n) is 47.8. The molecular formula is C62H113O11P. The smallest absolute Gasteiger partial charge is 0.462 e. The molecule has 0 saturated heterocycles. The van der Waals surface area contributed by atoms with Crippen molar-refractivity contribution < 1.29 is 52.2 Å². The highest BCUT2D eigenvalue weighted by Crippen LogP contribution is 2.43. The standard InChI is InChI=1S/C62H113O11P/c1-4-7-10-13-16-19-22-25-27-29-31-34-37-40-43-46-49-52-61(65)72-58(54-63)56-70-74(67,68)71-57-59(55-69-60(64)51-48-45-42-39-36-33-24-21-18-15-12-9-6-3)73-62(66)53-50-47-44-41-38-35-32-30-28-26-23-20-17-14-11-8-5-2/h17,20-21,24-28,58-59,63H,4-16,18-19,22-23,29-57H2,1-3H3,(H,67,68)/b20-17-,24-21-,27-25-,28-26-. The predicted molar refractivity (Wildman–Crippen MR) is 307 cm³/mol. The molecule has 0 rings (SSSR count). The van der Waals surface area contributed by atoms with Crippen LogP contribution in [0.5, 0.6) is 0 Å². The summed E-state index contributed by atoms with van der Waals surface area (Å²) in [5.41, 5.74) is 0. The van der Waals surface area contributed by atoms with Gasteiger partial charge in [-0.25, -0.2) is 4.57 Å². The molecule has 3 unspecified atom stereocenters. The minimum absolute atomic E-state index is 0.158. The molecule has 0 fully saturated rings. The molecule has 0 amide bonds. The van der Waals surface area contributed by atoms with Gasteiger partial charge in [0.25, 0.3) is 0 Å². The van der Waals surface area contributed by atoms with Gasteiger partial charge in [-0.05, 0) is 103 Å². The summed E-state index contributed by atoms with van der Waals surface area (Å²) in [5.74, 6) is -1.47.